The molecule has 6 heteroatoms. The number of nitrogens with one attached hydrogen (secondary N) is 2. The van der Waals surface area contributed by atoms with Crippen molar-refractivity contribution in [2.45, 2.75) is 0 Å². The number of hydrogen-bond donors (Lipinski definition) is 2. The fourth-order valence-corrected chi connectivity index (χ4v) is 3.72. The Morgan fingerprint density at radius 1 is 0.697 bits per heavy atom. The summed E-state index contributed by atoms with van der Waals surface area (Å²) < 4.78 is 6.44. The second-order valence-electron chi connectivity index (χ2n) is 7.25. The minimum Gasteiger partial charge on any atom is -0.483 e. The Kier molecular flexibility index (Phi) is 7.17. The van der Waals surface area contributed by atoms with Crippen LogP contribution >= 0.6 is 15.9 Å². The molecule has 0 radical (unpaired) electrons. The van der Waals surface area contributed by atoms with Gasteiger partial charge in [0.25, 0.3) is 11.8 Å². The minimum atomic E-state index is -0.324. The summed E-state index contributed by atoms with van der Waals surface area (Å²) >= 11 is 3.51. The third kappa shape index (κ3) is 6.08. The van der Waals surface area contributed by atoms with E-state index in [1.165, 1.54) is 0 Å². The monoisotopic (exact) mass is 500 g/mol. The summed E-state index contributed by atoms with van der Waals surface area (Å²) in [6.45, 7) is -0.163. The zero-order valence-corrected chi connectivity index (χ0v) is 19.2. The molecular formula is C27H21BrN2O3. The molecule has 0 spiro atoms. The lowest BCUT2D eigenvalue weighted by molar-refractivity contribution is -0.118. The van der Waals surface area contributed by atoms with Gasteiger partial charge in [-0.25, -0.2) is 0 Å². The maximum absolute atomic E-state index is 12.5. The lowest BCUT2D eigenvalue weighted by atomic mass is 10.1. The van der Waals surface area contributed by atoms with Crippen molar-refractivity contribution in [2.75, 3.05) is 17.2 Å². The number of anilines is 2. The average Bonchev–Trinajstić information content (AvgIpc) is 2.84. The van der Waals surface area contributed by atoms with Gasteiger partial charge in [0.05, 0.1) is 4.47 Å². The van der Waals surface area contributed by atoms with E-state index in [4.69, 9.17) is 4.74 Å². The lowest BCUT2D eigenvalue weighted by Crippen LogP contribution is -2.20. The predicted molar refractivity (Wildman–Crippen MR) is 135 cm³/mol. The summed E-state index contributed by atoms with van der Waals surface area (Å²) in [5, 5.41) is 5.60. The molecule has 0 aliphatic carbocycles. The van der Waals surface area contributed by atoms with Crippen LogP contribution in [0.25, 0.3) is 11.1 Å². The second kappa shape index (κ2) is 10.6. The quantitative estimate of drug-likeness (QED) is 0.309. The molecule has 0 bridgehead atoms. The zero-order chi connectivity index (χ0) is 23.0. The number of carbonyl (C=O) groups is 2. The largest absolute Gasteiger partial charge is 0.483 e. The Morgan fingerprint density at radius 3 is 2.12 bits per heavy atom. The van der Waals surface area contributed by atoms with E-state index in [0.717, 1.165) is 15.6 Å². The highest BCUT2D eigenvalue weighted by Gasteiger charge is 2.10. The number of ether oxygens (including phenoxy) is 1. The molecule has 2 amide bonds. The van der Waals surface area contributed by atoms with Gasteiger partial charge in [-0.2, -0.15) is 0 Å². The molecule has 0 aliphatic rings. The van der Waals surface area contributed by atoms with Gasteiger partial charge >= 0.3 is 0 Å². The number of amides is 2. The van der Waals surface area contributed by atoms with Gasteiger partial charge in [-0.05, 0) is 69.5 Å². The number of carbonyl (C=O) groups excluding carboxylic acids is 2. The molecule has 2 N–H and O–H groups in total. The molecule has 0 saturated carbocycles. The third-order valence-corrected chi connectivity index (χ3v) is 5.46. The van der Waals surface area contributed by atoms with Crippen molar-refractivity contribution >= 4 is 39.1 Å². The fraction of sp³-hybridized carbons (Fsp3) is 0.0370. The van der Waals surface area contributed by atoms with E-state index < -0.39 is 0 Å². The van der Waals surface area contributed by atoms with Crippen LogP contribution in [0.2, 0.25) is 0 Å². The molecule has 0 fully saturated rings. The van der Waals surface area contributed by atoms with E-state index in [-0.39, 0.29) is 18.4 Å². The minimum absolute atomic E-state index is 0.163. The first kappa shape index (κ1) is 22.3. The standard InChI is InChI=1S/C27H21BrN2O3/c28-24-17-20(19-8-3-1-4-9-19)14-15-25(24)33-18-26(31)29-23-13-7-10-21(16-23)27(32)30-22-11-5-2-6-12-22/h1-17H,18H2,(H,29,31)(H,30,32). The molecule has 4 aromatic carbocycles. The van der Waals surface area contributed by atoms with Crippen LogP contribution in [0.5, 0.6) is 5.75 Å². The Hall–Kier alpha value is -3.90. The highest BCUT2D eigenvalue weighted by atomic mass is 79.9. The van der Waals surface area contributed by atoms with Crippen molar-refractivity contribution < 1.29 is 14.3 Å². The molecule has 0 unspecified atom stereocenters. The Morgan fingerprint density at radius 2 is 1.39 bits per heavy atom. The topological polar surface area (TPSA) is 67.4 Å². The second-order valence-corrected chi connectivity index (χ2v) is 8.10. The lowest BCUT2D eigenvalue weighted by Gasteiger charge is -2.11. The van der Waals surface area contributed by atoms with Gasteiger partial charge in [0.1, 0.15) is 5.75 Å². The molecule has 164 valence electrons. The highest BCUT2D eigenvalue weighted by molar-refractivity contribution is 9.10. The van der Waals surface area contributed by atoms with E-state index in [1.807, 2.05) is 78.9 Å². The van der Waals surface area contributed by atoms with Crippen LogP contribution in [-0.2, 0) is 4.79 Å². The van der Waals surface area contributed by atoms with Crippen LogP contribution in [-0.4, -0.2) is 18.4 Å². The van der Waals surface area contributed by atoms with Crippen LogP contribution < -0.4 is 15.4 Å². The van der Waals surface area contributed by atoms with Crippen LogP contribution in [0.3, 0.4) is 0 Å². The van der Waals surface area contributed by atoms with Gasteiger partial charge in [-0.15, -0.1) is 0 Å². The third-order valence-electron chi connectivity index (χ3n) is 4.84. The average molecular weight is 501 g/mol. The van der Waals surface area contributed by atoms with E-state index in [2.05, 4.69) is 26.6 Å². The van der Waals surface area contributed by atoms with E-state index in [0.29, 0.717) is 22.7 Å². The fourth-order valence-electron chi connectivity index (χ4n) is 3.23. The van der Waals surface area contributed by atoms with Crippen molar-refractivity contribution in [1.82, 2.24) is 0 Å². The molecular weight excluding hydrogens is 480 g/mol. The normalized spacial score (nSPS) is 10.3. The van der Waals surface area contributed by atoms with Crippen molar-refractivity contribution in [1.29, 1.82) is 0 Å². The van der Waals surface area contributed by atoms with Crippen LogP contribution in [0.1, 0.15) is 10.4 Å². The smallest absolute Gasteiger partial charge is 0.262 e. The predicted octanol–water partition coefficient (Wildman–Crippen LogP) is 6.39. The van der Waals surface area contributed by atoms with Crippen LogP contribution in [0.4, 0.5) is 11.4 Å². The summed E-state index contributed by atoms with van der Waals surface area (Å²) in [5.41, 5.74) is 3.80. The summed E-state index contributed by atoms with van der Waals surface area (Å²) in [6, 6.07) is 31.7. The molecule has 5 nitrogen and oxygen atoms in total. The Labute approximate surface area is 200 Å². The number of rotatable bonds is 7. The maximum Gasteiger partial charge on any atom is 0.262 e. The molecule has 33 heavy (non-hydrogen) atoms. The molecule has 0 aliphatic heterocycles. The highest BCUT2D eigenvalue weighted by Crippen LogP contribution is 2.30. The van der Waals surface area contributed by atoms with Crippen molar-refractivity contribution in [3.63, 3.8) is 0 Å². The van der Waals surface area contributed by atoms with Gasteiger partial charge in [0.2, 0.25) is 0 Å². The first-order chi connectivity index (χ1) is 16.1. The molecule has 0 atom stereocenters. The number of halogens is 1. The van der Waals surface area contributed by atoms with Gasteiger partial charge in [0, 0.05) is 16.9 Å². The zero-order valence-electron chi connectivity index (χ0n) is 17.6. The van der Waals surface area contributed by atoms with Crippen molar-refractivity contribution in [3.8, 4) is 16.9 Å². The van der Waals surface area contributed by atoms with E-state index >= 15 is 0 Å². The molecule has 0 saturated heterocycles. The van der Waals surface area contributed by atoms with Crippen LogP contribution in [0.15, 0.2) is 108 Å². The van der Waals surface area contributed by atoms with Gasteiger partial charge < -0.3 is 15.4 Å². The van der Waals surface area contributed by atoms with Crippen molar-refractivity contribution in [3.05, 3.63) is 113 Å². The summed E-state index contributed by atoms with van der Waals surface area (Å²) in [7, 11) is 0. The van der Waals surface area contributed by atoms with Gasteiger partial charge in [-0.3, -0.25) is 9.59 Å². The molecule has 4 rings (SSSR count). The van der Waals surface area contributed by atoms with E-state index in [1.54, 1.807) is 24.3 Å². The first-order valence-electron chi connectivity index (χ1n) is 10.3. The number of para-hydroxylation sites is 1. The van der Waals surface area contributed by atoms with E-state index in [9.17, 15) is 9.59 Å². The summed E-state index contributed by atoms with van der Waals surface area (Å²) in [6.07, 6.45) is 0. The number of benzene rings is 4. The summed E-state index contributed by atoms with van der Waals surface area (Å²) in [5.74, 6) is -0.00791. The maximum atomic E-state index is 12.5. The summed E-state index contributed by atoms with van der Waals surface area (Å²) in [4.78, 5) is 24.9. The van der Waals surface area contributed by atoms with Crippen molar-refractivity contribution in [2.24, 2.45) is 0 Å². The van der Waals surface area contributed by atoms with Gasteiger partial charge in [0.15, 0.2) is 6.61 Å². The molecule has 4 aromatic rings. The molecule has 0 heterocycles. The molecule has 0 aromatic heterocycles. The Bertz CT molecular complexity index is 1260. The van der Waals surface area contributed by atoms with Gasteiger partial charge in [-0.1, -0.05) is 60.7 Å². The number of hydrogen-bond acceptors (Lipinski definition) is 3. The first-order valence-corrected chi connectivity index (χ1v) is 11.1. The Balaban J connectivity index is 1.34. The van der Waals surface area contributed by atoms with Crippen LogP contribution in [0, 0.1) is 0 Å². The SMILES string of the molecule is O=C(COc1ccc(-c2ccccc2)cc1Br)Nc1cccc(C(=O)Nc2ccccc2)c1.